The second kappa shape index (κ2) is 8.13. The third kappa shape index (κ3) is 4.68. The second-order valence-corrected chi connectivity index (χ2v) is 7.37. The molecule has 144 valence electrons. The van der Waals surface area contributed by atoms with Crippen LogP contribution < -0.4 is 16.0 Å². The number of nitrogens with one attached hydrogen (secondary N) is 3. The molecule has 0 saturated heterocycles. The first-order chi connectivity index (χ1) is 13.3. The Labute approximate surface area is 164 Å². The van der Waals surface area contributed by atoms with Crippen LogP contribution in [0.1, 0.15) is 23.7 Å². The standard InChI is InChI=1S/C19H17N3O5S/c1-10(23)20-12-3-5-13(6-4-12)21-17(24)9-16-18(25)22-14-7-2-11(19(26)27)8-15(14)28-16/h2-8,16H,9H2,1H3,(H,20,23)(H,21,24)(H,22,25)(H,26,27)/t16-/m1/s1. The van der Waals surface area contributed by atoms with Gasteiger partial charge in [0.05, 0.1) is 16.5 Å². The molecule has 1 aliphatic heterocycles. The van der Waals surface area contributed by atoms with E-state index in [2.05, 4.69) is 16.0 Å². The summed E-state index contributed by atoms with van der Waals surface area (Å²) in [5.74, 6) is -1.91. The molecule has 9 heteroatoms. The summed E-state index contributed by atoms with van der Waals surface area (Å²) in [4.78, 5) is 47.3. The lowest BCUT2D eigenvalue weighted by atomic mass is 10.2. The predicted octanol–water partition coefficient (Wildman–Crippen LogP) is 2.78. The van der Waals surface area contributed by atoms with Crippen LogP contribution in [0.25, 0.3) is 0 Å². The van der Waals surface area contributed by atoms with E-state index >= 15 is 0 Å². The molecular weight excluding hydrogens is 382 g/mol. The Morgan fingerprint density at radius 1 is 1.07 bits per heavy atom. The van der Waals surface area contributed by atoms with Crippen LogP contribution in [-0.2, 0) is 14.4 Å². The van der Waals surface area contributed by atoms with Gasteiger partial charge in [-0.15, -0.1) is 11.8 Å². The van der Waals surface area contributed by atoms with Crippen molar-refractivity contribution in [2.45, 2.75) is 23.5 Å². The van der Waals surface area contributed by atoms with Crippen LogP contribution in [0.4, 0.5) is 17.1 Å². The molecule has 28 heavy (non-hydrogen) atoms. The number of amides is 3. The predicted molar refractivity (Wildman–Crippen MR) is 106 cm³/mol. The average Bonchev–Trinajstić information content (AvgIpc) is 2.63. The number of hydrogen-bond acceptors (Lipinski definition) is 5. The van der Waals surface area contributed by atoms with Crippen molar-refractivity contribution in [2.24, 2.45) is 0 Å². The highest BCUT2D eigenvalue weighted by Gasteiger charge is 2.29. The Kier molecular flexibility index (Phi) is 5.65. The molecule has 0 aromatic heterocycles. The van der Waals surface area contributed by atoms with Gasteiger partial charge in [-0.3, -0.25) is 14.4 Å². The van der Waals surface area contributed by atoms with E-state index in [0.29, 0.717) is 22.0 Å². The number of carbonyl (C=O) groups is 4. The number of carboxylic acid groups (broad SMARTS) is 1. The molecule has 0 aliphatic carbocycles. The molecule has 0 bridgehead atoms. The van der Waals surface area contributed by atoms with Crippen molar-refractivity contribution >= 4 is 52.5 Å². The molecular formula is C19H17N3O5S. The number of anilines is 3. The third-order valence-corrected chi connectivity index (χ3v) is 5.16. The van der Waals surface area contributed by atoms with Gasteiger partial charge in [0.2, 0.25) is 17.7 Å². The van der Waals surface area contributed by atoms with Gasteiger partial charge < -0.3 is 21.1 Å². The van der Waals surface area contributed by atoms with E-state index in [0.717, 1.165) is 11.8 Å². The SMILES string of the molecule is CC(=O)Nc1ccc(NC(=O)C[C@H]2Sc3cc(C(=O)O)ccc3NC2=O)cc1. The summed E-state index contributed by atoms with van der Waals surface area (Å²) in [5.41, 5.74) is 1.79. The van der Waals surface area contributed by atoms with E-state index in [-0.39, 0.29) is 29.7 Å². The summed E-state index contributed by atoms with van der Waals surface area (Å²) in [6.45, 7) is 1.40. The zero-order chi connectivity index (χ0) is 20.3. The molecule has 0 radical (unpaired) electrons. The lowest BCUT2D eigenvalue weighted by molar-refractivity contribution is -0.120. The third-order valence-electron chi connectivity index (χ3n) is 3.91. The van der Waals surface area contributed by atoms with Crippen LogP contribution in [0.5, 0.6) is 0 Å². The minimum absolute atomic E-state index is 0.0688. The first-order valence-electron chi connectivity index (χ1n) is 8.34. The van der Waals surface area contributed by atoms with Crippen molar-refractivity contribution in [3.63, 3.8) is 0 Å². The van der Waals surface area contributed by atoms with Crippen LogP contribution in [0.2, 0.25) is 0 Å². The number of benzene rings is 2. The maximum absolute atomic E-state index is 12.3. The Morgan fingerprint density at radius 2 is 1.71 bits per heavy atom. The summed E-state index contributed by atoms with van der Waals surface area (Å²) in [5, 5.41) is 16.5. The van der Waals surface area contributed by atoms with E-state index in [1.165, 1.54) is 25.1 Å². The Bertz CT molecular complexity index is 959. The molecule has 0 unspecified atom stereocenters. The molecule has 1 atom stereocenters. The highest BCUT2D eigenvalue weighted by Crippen LogP contribution is 2.37. The van der Waals surface area contributed by atoms with Crippen molar-refractivity contribution in [3.8, 4) is 0 Å². The first-order valence-corrected chi connectivity index (χ1v) is 9.22. The minimum Gasteiger partial charge on any atom is -0.478 e. The van der Waals surface area contributed by atoms with Crippen molar-refractivity contribution < 1.29 is 24.3 Å². The molecule has 4 N–H and O–H groups in total. The van der Waals surface area contributed by atoms with Crippen LogP contribution >= 0.6 is 11.8 Å². The number of carbonyl (C=O) groups excluding carboxylic acids is 3. The first kappa shape index (κ1) is 19.4. The van der Waals surface area contributed by atoms with E-state index < -0.39 is 11.2 Å². The Balaban J connectivity index is 1.64. The number of carboxylic acids is 1. The maximum atomic E-state index is 12.3. The molecule has 1 aliphatic rings. The molecule has 0 fully saturated rings. The van der Waals surface area contributed by atoms with Gasteiger partial charge in [-0.1, -0.05) is 0 Å². The zero-order valence-corrected chi connectivity index (χ0v) is 15.6. The lowest BCUT2D eigenvalue weighted by Crippen LogP contribution is -2.32. The molecule has 1 heterocycles. The summed E-state index contributed by atoms with van der Waals surface area (Å²) < 4.78 is 0. The van der Waals surface area contributed by atoms with Gasteiger partial charge in [0, 0.05) is 29.6 Å². The largest absolute Gasteiger partial charge is 0.478 e. The monoisotopic (exact) mass is 399 g/mol. The number of thioether (sulfide) groups is 1. The van der Waals surface area contributed by atoms with Gasteiger partial charge in [0.25, 0.3) is 0 Å². The number of fused-ring (bicyclic) bond motifs is 1. The highest BCUT2D eigenvalue weighted by molar-refractivity contribution is 8.01. The second-order valence-electron chi connectivity index (χ2n) is 6.12. The Morgan fingerprint density at radius 3 is 2.32 bits per heavy atom. The van der Waals surface area contributed by atoms with Gasteiger partial charge in [0.15, 0.2) is 0 Å². The highest BCUT2D eigenvalue weighted by atomic mass is 32.2. The van der Waals surface area contributed by atoms with Crippen LogP contribution in [0.15, 0.2) is 47.4 Å². The number of hydrogen-bond donors (Lipinski definition) is 4. The fourth-order valence-corrected chi connectivity index (χ4v) is 3.78. The molecule has 0 spiro atoms. The summed E-state index contributed by atoms with van der Waals surface area (Å²) in [6, 6.07) is 11.0. The van der Waals surface area contributed by atoms with Crippen LogP contribution in [0.3, 0.4) is 0 Å². The van der Waals surface area contributed by atoms with Crippen molar-refractivity contribution in [1.82, 2.24) is 0 Å². The fourth-order valence-electron chi connectivity index (χ4n) is 2.63. The minimum atomic E-state index is -1.06. The van der Waals surface area contributed by atoms with E-state index in [1.807, 2.05) is 0 Å². The van der Waals surface area contributed by atoms with Crippen molar-refractivity contribution in [3.05, 3.63) is 48.0 Å². The van der Waals surface area contributed by atoms with E-state index in [1.54, 1.807) is 24.3 Å². The molecule has 3 amide bonds. The van der Waals surface area contributed by atoms with Gasteiger partial charge in [-0.05, 0) is 42.5 Å². The normalized spacial score (nSPS) is 15.2. The van der Waals surface area contributed by atoms with E-state index in [4.69, 9.17) is 5.11 Å². The smallest absolute Gasteiger partial charge is 0.335 e. The molecule has 2 aromatic rings. The molecule has 0 saturated carbocycles. The maximum Gasteiger partial charge on any atom is 0.335 e. The van der Waals surface area contributed by atoms with Crippen molar-refractivity contribution in [1.29, 1.82) is 0 Å². The van der Waals surface area contributed by atoms with Crippen LogP contribution in [-0.4, -0.2) is 34.0 Å². The summed E-state index contributed by atoms with van der Waals surface area (Å²) >= 11 is 1.16. The van der Waals surface area contributed by atoms with Crippen molar-refractivity contribution in [2.75, 3.05) is 16.0 Å². The van der Waals surface area contributed by atoms with Gasteiger partial charge in [-0.25, -0.2) is 4.79 Å². The molecule has 8 nitrogen and oxygen atoms in total. The average molecular weight is 399 g/mol. The summed E-state index contributed by atoms with van der Waals surface area (Å²) in [6.07, 6.45) is -0.0688. The number of rotatable bonds is 5. The van der Waals surface area contributed by atoms with Crippen LogP contribution in [0, 0.1) is 0 Å². The quantitative estimate of drug-likeness (QED) is 0.613. The molecule has 3 rings (SSSR count). The van der Waals surface area contributed by atoms with Gasteiger partial charge >= 0.3 is 5.97 Å². The Hall–Kier alpha value is -3.33. The molecule has 2 aromatic carbocycles. The number of aromatic carboxylic acids is 1. The van der Waals surface area contributed by atoms with Gasteiger partial charge in [-0.2, -0.15) is 0 Å². The lowest BCUT2D eigenvalue weighted by Gasteiger charge is -2.24. The van der Waals surface area contributed by atoms with Gasteiger partial charge in [0.1, 0.15) is 0 Å². The topological polar surface area (TPSA) is 125 Å². The van der Waals surface area contributed by atoms with E-state index in [9.17, 15) is 19.2 Å². The summed E-state index contributed by atoms with van der Waals surface area (Å²) in [7, 11) is 0. The fraction of sp³-hybridized carbons (Fsp3) is 0.158. The zero-order valence-electron chi connectivity index (χ0n) is 14.8.